The number of carbonyl (C=O) groups excluding carboxylic acids is 2. The second kappa shape index (κ2) is 11.0. The number of carbonyl (C=O) groups is 2. The molecular weight excluding hydrogens is 448 g/mol. The first-order chi connectivity index (χ1) is 17.3. The van der Waals surface area contributed by atoms with Crippen LogP contribution in [0.15, 0.2) is 97.1 Å². The van der Waals surface area contributed by atoms with Crippen molar-refractivity contribution in [1.82, 2.24) is 0 Å². The Morgan fingerprint density at radius 3 is 1.22 bits per heavy atom. The summed E-state index contributed by atoms with van der Waals surface area (Å²) in [5.74, 6) is -0.676. The van der Waals surface area contributed by atoms with Crippen LogP contribution in [0.4, 0.5) is 0 Å². The largest absolute Gasteiger partial charge is 0.459 e. The number of benzene rings is 4. The summed E-state index contributed by atoms with van der Waals surface area (Å²) in [5, 5.41) is 0. The summed E-state index contributed by atoms with van der Waals surface area (Å²) in [5.41, 5.74) is 6.93. The number of esters is 2. The smallest absolute Gasteiger partial charge is 0.338 e. The fraction of sp³-hybridized carbons (Fsp3) is 0.188. The van der Waals surface area contributed by atoms with Crippen molar-refractivity contribution in [2.24, 2.45) is 0 Å². The molecule has 0 saturated heterocycles. The van der Waals surface area contributed by atoms with E-state index in [1.54, 1.807) is 12.1 Å². The number of hydrogen-bond acceptors (Lipinski definition) is 4. The summed E-state index contributed by atoms with van der Waals surface area (Å²) in [4.78, 5) is 25.1. The van der Waals surface area contributed by atoms with Gasteiger partial charge in [0, 0.05) is 0 Å². The maximum absolute atomic E-state index is 12.5. The van der Waals surface area contributed by atoms with Crippen molar-refractivity contribution < 1.29 is 19.1 Å². The van der Waals surface area contributed by atoms with Gasteiger partial charge in [-0.2, -0.15) is 0 Å². The van der Waals surface area contributed by atoms with Gasteiger partial charge >= 0.3 is 11.9 Å². The Kier molecular flexibility index (Phi) is 7.65. The third-order valence-corrected chi connectivity index (χ3v) is 5.65. The molecule has 182 valence electrons. The highest BCUT2D eigenvalue weighted by atomic mass is 16.5. The van der Waals surface area contributed by atoms with Gasteiger partial charge in [0.15, 0.2) is 0 Å². The van der Waals surface area contributed by atoms with Crippen LogP contribution in [0.2, 0.25) is 0 Å². The van der Waals surface area contributed by atoms with Crippen LogP contribution >= 0.6 is 0 Å². The van der Waals surface area contributed by atoms with Crippen LogP contribution in [0.25, 0.3) is 33.4 Å². The van der Waals surface area contributed by atoms with Crippen LogP contribution in [-0.2, 0) is 9.47 Å². The fourth-order valence-electron chi connectivity index (χ4n) is 4.13. The molecule has 0 unspecified atom stereocenters. The lowest BCUT2D eigenvalue weighted by molar-refractivity contribution is 0.0367. The topological polar surface area (TPSA) is 52.6 Å². The van der Waals surface area contributed by atoms with Crippen molar-refractivity contribution >= 4 is 11.9 Å². The summed E-state index contributed by atoms with van der Waals surface area (Å²) < 4.78 is 10.8. The molecule has 4 aromatic carbocycles. The molecule has 4 rings (SSSR count). The van der Waals surface area contributed by atoms with E-state index in [2.05, 4.69) is 24.3 Å². The predicted octanol–water partition coefficient (Wildman–Crippen LogP) is 7.82. The average molecular weight is 479 g/mol. The molecule has 0 amide bonds. The third kappa shape index (κ3) is 5.72. The molecule has 0 aromatic heterocycles. The minimum atomic E-state index is -0.338. The minimum Gasteiger partial charge on any atom is -0.459 e. The predicted molar refractivity (Wildman–Crippen MR) is 144 cm³/mol. The van der Waals surface area contributed by atoms with Gasteiger partial charge in [-0.15, -0.1) is 0 Å². The van der Waals surface area contributed by atoms with Crippen LogP contribution < -0.4 is 0 Å². The summed E-state index contributed by atoms with van der Waals surface area (Å²) in [6, 6.07) is 31.3. The Bertz CT molecular complexity index is 1280. The first kappa shape index (κ1) is 24.9. The van der Waals surface area contributed by atoms with Crippen molar-refractivity contribution in [1.29, 1.82) is 0 Å². The first-order valence-corrected chi connectivity index (χ1v) is 12.1. The lowest BCUT2D eigenvalue weighted by atomic mass is 9.89. The Hall–Kier alpha value is -4.18. The number of rotatable bonds is 7. The molecule has 0 aliphatic heterocycles. The molecule has 0 saturated carbocycles. The molecule has 0 heterocycles. The molecule has 0 radical (unpaired) electrons. The minimum absolute atomic E-state index is 0.186. The average Bonchev–Trinajstić information content (AvgIpc) is 2.88. The molecule has 0 aliphatic carbocycles. The summed E-state index contributed by atoms with van der Waals surface area (Å²) in [6.45, 7) is 7.36. The van der Waals surface area contributed by atoms with Gasteiger partial charge in [-0.3, -0.25) is 0 Å². The van der Waals surface area contributed by atoms with E-state index in [1.165, 1.54) is 0 Å². The maximum atomic E-state index is 12.5. The first-order valence-electron chi connectivity index (χ1n) is 12.1. The molecule has 0 aliphatic rings. The van der Waals surface area contributed by atoms with Crippen molar-refractivity contribution in [3.63, 3.8) is 0 Å². The van der Waals surface area contributed by atoms with E-state index < -0.39 is 0 Å². The second-order valence-corrected chi connectivity index (χ2v) is 9.16. The van der Waals surface area contributed by atoms with Crippen LogP contribution in [0.3, 0.4) is 0 Å². The molecular formula is C32H30O4. The molecule has 0 bridgehead atoms. The van der Waals surface area contributed by atoms with E-state index in [0.717, 1.165) is 33.4 Å². The van der Waals surface area contributed by atoms with Gasteiger partial charge < -0.3 is 9.47 Å². The van der Waals surface area contributed by atoms with Crippen molar-refractivity contribution in [2.45, 2.75) is 39.9 Å². The Morgan fingerprint density at radius 1 is 0.500 bits per heavy atom. The summed E-state index contributed by atoms with van der Waals surface area (Å²) in [6.07, 6.45) is -0.372. The fourth-order valence-corrected chi connectivity index (χ4v) is 4.13. The molecule has 0 fully saturated rings. The highest BCUT2D eigenvalue weighted by Gasteiger charge is 2.16. The van der Waals surface area contributed by atoms with Crippen LogP contribution in [-0.4, -0.2) is 24.1 Å². The maximum Gasteiger partial charge on any atom is 0.338 e. The Balaban J connectivity index is 1.79. The normalized spacial score (nSPS) is 10.9. The van der Waals surface area contributed by atoms with Crippen molar-refractivity contribution in [2.75, 3.05) is 0 Å². The summed E-state index contributed by atoms with van der Waals surface area (Å²) in [7, 11) is 0. The van der Waals surface area contributed by atoms with Crippen molar-refractivity contribution in [3.05, 3.63) is 108 Å². The highest BCUT2D eigenvalue weighted by Crippen LogP contribution is 2.38. The zero-order valence-electron chi connectivity index (χ0n) is 21.0. The number of ether oxygens (including phenoxy) is 2. The molecule has 0 N–H and O–H groups in total. The number of hydrogen-bond donors (Lipinski definition) is 0. The third-order valence-electron chi connectivity index (χ3n) is 5.65. The zero-order chi connectivity index (χ0) is 25.7. The quantitative estimate of drug-likeness (QED) is 0.254. The van der Waals surface area contributed by atoms with Gasteiger partial charge in [0.1, 0.15) is 0 Å². The van der Waals surface area contributed by atoms with Crippen LogP contribution in [0.1, 0.15) is 48.4 Å². The van der Waals surface area contributed by atoms with E-state index >= 15 is 0 Å². The SMILES string of the molecule is CC(C)OC(=O)c1cccc(-c2ccccc2-c2ccccc2-c2cccc(C(=O)OC(C)C)c2)c1. The van der Waals surface area contributed by atoms with Gasteiger partial charge in [-0.1, -0.05) is 72.8 Å². The second-order valence-electron chi connectivity index (χ2n) is 9.16. The van der Waals surface area contributed by atoms with E-state index in [1.807, 2.05) is 88.4 Å². The highest BCUT2D eigenvalue weighted by molar-refractivity contribution is 5.96. The molecule has 4 aromatic rings. The van der Waals surface area contributed by atoms with Gasteiger partial charge in [-0.25, -0.2) is 9.59 Å². The molecule has 4 nitrogen and oxygen atoms in total. The molecule has 0 atom stereocenters. The monoisotopic (exact) mass is 478 g/mol. The van der Waals surface area contributed by atoms with Crippen LogP contribution in [0.5, 0.6) is 0 Å². The molecule has 0 spiro atoms. The molecule has 36 heavy (non-hydrogen) atoms. The van der Waals surface area contributed by atoms with E-state index in [4.69, 9.17) is 9.47 Å². The van der Waals surface area contributed by atoms with Gasteiger partial charge in [0.25, 0.3) is 0 Å². The lowest BCUT2D eigenvalue weighted by Crippen LogP contribution is -2.11. The Labute approximate surface area is 212 Å². The lowest BCUT2D eigenvalue weighted by Gasteiger charge is -2.16. The van der Waals surface area contributed by atoms with Gasteiger partial charge in [0.2, 0.25) is 0 Å². The molecule has 4 heteroatoms. The van der Waals surface area contributed by atoms with Crippen LogP contribution in [0, 0.1) is 0 Å². The van der Waals surface area contributed by atoms with Crippen molar-refractivity contribution in [3.8, 4) is 33.4 Å². The standard InChI is InChI=1S/C32H30O4/c1-21(2)35-31(33)25-13-9-11-23(19-25)27-15-5-7-17-29(27)30-18-8-6-16-28(30)24-12-10-14-26(20-24)32(34)36-22(3)4/h5-22H,1-4H3. The Morgan fingerprint density at radius 2 is 0.861 bits per heavy atom. The van der Waals surface area contributed by atoms with E-state index in [0.29, 0.717) is 11.1 Å². The van der Waals surface area contributed by atoms with Gasteiger partial charge in [0.05, 0.1) is 23.3 Å². The zero-order valence-corrected chi connectivity index (χ0v) is 21.0. The van der Waals surface area contributed by atoms with Gasteiger partial charge in [-0.05, 0) is 85.3 Å². The summed E-state index contributed by atoms with van der Waals surface area (Å²) >= 11 is 0. The van der Waals surface area contributed by atoms with E-state index in [9.17, 15) is 9.59 Å². The van der Waals surface area contributed by atoms with E-state index in [-0.39, 0.29) is 24.1 Å².